The van der Waals surface area contributed by atoms with E-state index in [1.165, 1.54) is 18.2 Å². The summed E-state index contributed by atoms with van der Waals surface area (Å²) < 4.78 is 13.2. The first kappa shape index (κ1) is 14.9. The molecule has 7 heteroatoms. The van der Waals surface area contributed by atoms with Crippen LogP contribution in [0.4, 0.5) is 15.8 Å². The summed E-state index contributed by atoms with van der Waals surface area (Å²) in [6, 6.07) is 6.44. The standard InChI is InChI=1S/C13H8Cl3FN2O/c14-7-3-8(17)5-9(4-7)19-13(20)6-1-10(15)12(18)11(16)2-6/h1-5H,18H2,(H,19,20). The van der Waals surface area contributed by atoms with Crippen molar-refractivity contribution in [1.29, 1.82) is 0 Å². The lowest BCUT2D eigenvalue weighted by atomic mass is 10.2. The van der Waals surface area contributed by atoms with Crippen LogP contribution in [-0.4, -0.2) is 5.91 Å². The number of nitrogens with one attached hydrogen (secondary N) is 1. The lowest BCUT2D eigenvalue weighted by Gasteiger charge is -2.08. The van der Waals surface area contributed by atoms with E-state index in [1.807, 2.05) is 0 Å². The third kappa shape index (κ3) is 3.33. The Hall–Kier alpha value is -1.49. The summed E-state index contributed by atoms with van der Waals surface area (Å²) in [6.07, 6.45) is 0. The minimum absolute atomic E-state index is 0.167. The van der Waals surface area contributed by atoms with Gasteiger partial charge in [0, 0.05) is 16.3 Å². The van der Waals surface area contributed by atoms with Crippen LogP contribution in [0, 0.1) is 5.82 Å². The maximum Gasteiger partial charge on any atom is 0.255 e. The van der Waals surface area contributed by atoms with Crippen molar-refractivity contribution in [3.8, 4) is 0 Å². The Bertz CT molecular complexity index is 648. The van der Waals surface area contributed by atoms with E-state index in [1.54, 1.807) is 0 Å². The minimum atomic E-state index is -0.554. The highest BCUT2D eigenvalue weighted by Gasteiger charge is 2.12. The number of rotatable bonds is 2. The molecule has 0 atom stereocenters. The highest BCUT2D eigenvalue weighted by atomic mass is 35.5. The zero-order chi connectivity index (χ0) is 14.9. The van der Waals surface area contributed by atoms with E-state index in [2.05, 4.69) is 5.32 Å². The molecule has 3 N–H and O–H groups in total. The Kier molecular flexibility index (Phi) is 4.38. The molecule has 1 amide bonds. The van der Waals surface area contributed by atoms with E-state index < -0.39 is 11.7 Å². The number of amides is 1. The number of hydrogen-bond acceptors (Lipinski definition) is 2. The number of nitrogens with two attached hydrogens (primary N) is 1. The first-order valence-electron chi connectivity index (χ1n) is 5.39. The second kappa shape index (κ2) is 5.87. The summed E-state index contributed by atoms with van der Waals surface area (Å²) in [4.78, 5) is 12.0. The summed E-state index contributed by atoms with van der Waals surface area (Å²) in [5.74, 6) is -1.06. The van der Waals surface area contributed by atoms with Gasteiger partial charge in [0.15, 0.2) is 0 Å². The molecule has 2 aromatic carbocycles. The van der Waals surface area contributed by atoms with Crippen molar-refractivity contribution < 1.29 is 9.18 Å². The lowest BCUT2D eigenvalue weighted by Crippen LogP contribution is -2.12. The van der Waals surface area contributed by atoms with Crippen molar-refractivity contribution in [2.24, 2.45) is 0 Å². The molecule has 20 heavy (non-hydrogen) atoms. The van der Waals surface area contributed by atoms with Crippen molar-refractivity contribution in [2.75, 3.05) is 11.1 Å². The van der Waals surface area contributed by atoms with Crippen LogP contribution in [0.15, 0.2) is 30.3 Å². The monoisotopic (exact) mass is 332 g/mol. The van der Waals surface area contributed by atoms with E-state index in [0.29, 0.717) is 0 Å². The maximum atomic E-state index is 13.2. The summed E-state index contributed by atoms with van der Waals surface area (Å²) in [6.45, 7) is 0. The van der Waals surface area contributed by atoms with Gasteiger partial charge in [0.2, 0.25) is 0 Å². The third-order valence-corrected chi connectivity index (χ3v) is 3.31. The fourth-order valence-electron chi connectivity index (χ4n) is 1.54. The molecular formula is C13H8Cl3FN2O. The molecule has 2 rings (SSSR count). The SMILES string of the molecule is Nc1c(Cl)cc(C(=O)Nc2cc(F)cc(Cl)c2)cc1Cl. The highest BCUT2D eigenvalue weighted by Crippen LogP contribution is 2.29. The smallest absolute Gasteiger partial charge is 0.255 e. The molecule has 0 aliphatic carbocycles. The number of hydrogen-bond donors (Lipinski definition) is 2. The van der Waals surface area contributed by atoms with Gasteiger partial charge in [0.05, 0.1) is 15.7 Å². The molecule has 0 spiro atoms. The number of carbonyl (C=O) groups excluding carboxylic acids is 1. The van der Waals surface area contributed by atoms with Crippen molar-refractivity contribution in [1.82, 2.24) is 0 Å². The van der Waals surface area contributed by atoms with Crippen LogP contribution in [0.2, 0.25) is 15.1 Å². The van der Waals surface area contributed by atoms with E-state index in [0.717, 1.165) is 12.1 Å². The zero-order valence-corrected chi connectivity index (χ0v) is 12.2. The van der Waals surface area contributed by atoms with Crippen LogP contribution in [-0.2, 0) is 0 Å². The van der Waals surface area contributed by atoms with Gasteiger partial charge in [-0.05, 0) is 30.3 Å². The third-order valence-electron chi connectivity index (χ3n) is 2.46. The number of halogens is 4. The number of carbonyl (C=O) groups is 1. The number of nitrogen functional groups attached to an aromatic ring is 1. The second-order valence-electron chi connectivity index (χ2n) is 3.97. The molecule has 0 fully saturated rings. The van der Waals surface area contributed by atoms with Crippen LogP contribution in [0.25, 0.3) is 0 Å². The Morgan fingerprint density at radius 1 is 1.05 bits per heavy atom. The fourth-order valence-corrected chi connectivity index (χ4v) is 2.25. The van der Waals surface area contributed by atoms with Gasteiger partial charge < -0.3 is 11.1 Å². The average Bonchev–Trinajstić information content (AvgIpc) is 2.33. The van der Waals surface area contributed by atoms with Crippen LogP contribution < -0.4 is 11.1 Å². The molecule has 0 aromatic heterocycles. The first-order chi connectivity index (χ1) is 9.36. The van der Waals surface area contributed by atoms with Gasteiger partial charge in [-0.1, -0.05) is 34.8 Å². The lowest BCUT2D eigenvalue weighted by molar-refractivity contribution is 0.102. The molecule has 0 unspecified atom stereocenters. The topological polar surface area (TPSA) is 55.1 Å². The summed E-state index contributed by atoms with van der Waals surface area (Å²) >= 11 is 17.4. The summed E-state index contributed by atoms with van der Waals surface area (Å²) in [5.41, 5.74) is 6.20. The largest absolute Gasteiger partial charge is 0.396 e. The van der Waals surface area contributed by atoms with Gasteiger partial charge in [-0.15, -0.1) is 0 Å². The summed E-state index contributed by atoms with van der Waals surface area (Å²) in [5, 5.41) is 3.00. The van der Waals surface area contributed by atoms with Gasteiger partial charge in [-0.2, -0.15) is 0 Å². The van der Waals surface area contributed by atoms with Gasteiger partial charge in [-0.3, -0.25) is 4.79 Å². The van der Waals surface area contributed by atoms with Crippen molar-refractivity contribution in [3.05, 3.63) is 56.8 Å². The number of benzene rings is 2. The Balaban J connectivity index is 2.28. The van der Waals surface area contributed by atoms with E-state index >= 15 is 0 Å². The van der Waals surface area contributed by atoms with Crippen LogP contribution >= 0.6 is 34.8 Å². The van der Waals surface area contributed by atoms with Gasteiger partial charge in [0.1, 0.15) is 5.82 Å². The normalized spacial score (nSPS) is 10.4. The zero-order valence-electron chi connectivity index (χ0n) is 9.88. The molecule has 3 nitrogen and oxygen atoms in total. The van der Waals surface area contributed by atoms with Crippen molar-refractivity contribution >= 4 is 52.1 Å². The average molecular weight is 334 g/mol. The van der Waals surface area contributed by atoms with Crippen molar-refractivity contribution in [3.63, 3.8) is 0 Å². The van der Waals surface area contributed by atoms with Gasteiger partial charge in [-0.25, -0.2) is 4.39 Å². The van der Waals surface area contributed by atoms with E-state index in [-0.39, 0.29) is 32.0 Å². The Labute approximate surface area is 129 Å². The molecule has 0 saturated carbocycles. The molecule has 0 heterocycles. The summed E-state index contributed by atoms with van der Waals surface area (Å²) in [7, 11) is 0. The predicted molar refractivity (Wildman–Crippen MR) is 80.2 cm³/mol. The predicted octanol–water partition coefficient (Wildman–Crippen LogP) is 4.62. The highest BCUT2D eigenvalue weighted by molar-refractivity contribution is 6.39. The Morgan fingerprint density at radius 3 is 2.20 bits per heavy atom. The van der Waals surface area contributed by atoms with E-state index in [4.69, 9.17) is 40.5 Å². The molecule has 0 aliphatic heterocycles. The van der Waals surface area contributed by atoms with Gasteiger partial charge in [0.25, 0.3) is 5.91 Å². The maximum absolute atomic E-state index is 13.2. The molecular weight excluding hydrogens is 326 g/mol. The molecule has 2 aromatic rings. The number of anilines is 2. The van der Waals surface area contributed by atoms with Crippen LogP contribution in [0.5, 0.6) is 0 Å². The van der Waals surface area contributed by atoms with E-state index in [9.17, 15) is 9.18 Å². The molecule has 0 radical (unpaired) electrons. The van der Waals surface area contributed by atoms with Crippen molar-refractivity contribution in [2.45, 2.75) is 0 Å². The minimum Gasteiger partial charge on any atom is -0.396 e. The Morgan fingerprint density at radius 2 is 1.65 bits per heavy atom. The molecule has 0 saturated heterocycles. The van der Waals surface area contributed by atoms with Gasteiger partial charge >= 0.3 is 0 Å². The fraction of sp³-hybridized carbons (Fsp3) is 0. The second-order valence-corrected chi connectivity index (χ2v) is 5.22. The molecule has 0 aliphatic rings. The molecule has 104 valence electrons. The first-order valence-corrected chi connectivity index (χ1v) is 6.52. The van der Waals surface area contributed by atoms with Crippen LogP contribution in [0.3, 0.4) is 0 Å². The van der Waals surface area contributed by atoms with Crippen LogP contribution in [0.1, 0.15) is 10.4 Å². The molecule has 0 bridgehead atoms. The quantitative estimate of drug-likeness (QED) is 0.788.